The zero-order valence-electron chi connectivity index (χ0n) is 10.3. The molecule has 0 saturated heterocycles. The van der Waals surface area contributed by atoms with Gasteiger partial charge in [0, 0.05) is 0 Å². The molecule has 5 N–H and O–H groups in total. The van der Waals surface area contributed by atoms with Crippen LogP contribution in [-0.4, -0.2) is 15.9 Å². The van der Waals surface area contributed by atoms with Crippen LogP contribution < -0.4 is 16.8 Å². The van der Waals surface area contributed by atoms with Crippen LogP contribution in [0, 0.1) is 0 Å². The van der Waals surface area contributed by atoms with Crippen molar-refractivity contribution in [2.75, 3.05) is 11.1 Å². The van der Waals surface area contributed by atoms with Gasteiger partial charge in [0.1, 0.15) is 5.69 Å². The molecule has 2 aromatic heterocycles. The zero-order valence-corrected chi connectivity index (χ0v) is 11.1. The Bertz CT molecular complexity index is 765. The van der Waals surface area contributed by atoms with Crippen molar-refractivity contribution in [3.05, 3.63) is 42.1 Å². The van der Waals surface area contributed by atoms with Gasteiger partial charge in [-0.15, -0.1) is 0 Å². The van der Waals surface area contributed by atoms with Crippen molar-refractivity contribution >= 4 is 44.1 Å². The van der Waals surface area contributed by atoms with Crippen LogP contribution in [0.1, 0.15) is 10.5 Å². The van der Waals surface area contributed by atoms with Gasteiger partial charge >= 0.3 is 0 Å². The van der Waals surface area contributed by atoms with Crippen molar-refractivity contribution in [1.29, 1.82) is 0 Å². The van der Waals surface area contributed by atoms with Gasteiger partial charge in [0.15, 0.2) is 10.9 Å². The topological polar surface area (TPSA) is 107 Å². The standard InChI is InChI=1S/C13H11N5OS/c14-7-5-6-9(11(15)19)16-12(7)18-13-17-8-3-1-2-4-10(8)20-13/h1-6H,14H2,(H2,15,19)(H,16,17,18). The van der Waals surface area contributed by atoms with Gasteiger partial charge in [-0.1, -0.05) is 23.5 Å². The molecule has 0 fully saturated rings. The minimum absolute atomic E-state index is 0.155. The third kappa shape index (κ3) is 2.26. The molecule has 1 amide bonds. The lowest BCUT2D eigenvalue weighted by Gasteiger charge is -2.06. The lowest BCUT2D eigenvalue weighted by atomic mass is 10.3. The van der Waals surface area contributed by atoms with E-state index in [1.54, 1.807) is 6.07 Å². The largest absolute Gasteiger partial charge is 0.396 e. The molecule has 7 heteroatoms. The average Bonchev–Trinajstić information content (AvgIpc) is 2.83. The highest BCUT2D eigenvalue weighted by Gasteiger charge is 2.09. The molecule has 0 radical (unpaired) electrons. The van der Waals surface area contributed by atoms with Gasteiger partial charge in [-0.25, -0.2) is 9.97 Å². The highest BCUT2D eigenvalue weighted by molar-refractivity contribution is 7.22. The molecular formula is C13H11N5OS. The van der Waals surface area contributed by atoms with Gasteiger partial charge in [-0.3, -0.25) is 4.79 Å². The summed E-state index contributed by atoms with van der Waals surface area (Å²) >= 11 is 1.48. The number of primary amides is 1. The Morgan fingerprint density at radius 3 is 2.70 bits per heavy atom. The number of para-hydroxylation sites is 1. The first-order chi connectivity index (χ1) is 9.63. The second-order valence-corrected chi connectivity index (χ2v) is 5.14. The van der Waals surface area contributed by atoms with Crippen LogP contribution in [-0.2, 0) is 0 Å². The number of nitrogens with two attached hydrogens (primary N) is 2. The van der Waals surface area contributed by atoms with Gasteiger partial charge in [-0.2, -0.15) is 0 Å². The number of nitrogen functional groups attached to an aromatic ring is 1. The Morgan fingerprint density at radius 2 is 1.95 bits per heavy atom. The van der Waals surface area contributed by atoms with Gasteiger partial charge < -0.3 is 16.8 Å². The summed E-state index contributed by atoms with van der Waals surface area (Å²) < 4.78 is 1.06. The Kier molecular flexibility index (Phi) is 2.96. The predicted octanol–water partition coefficient (Wildman–Crippen LogP) is 2.12. The van der Waals surface area contributed by atoms with Crippen LogP contribution in [0.15, 0.2) is 36.4 Å². The van der Waals surface area contributed by atoms with Crippen molar-refractivity contribution in [3.63, 3.8) is 0 Å². The molecule has 20 heavy (non-hydrogen) atoms. The Labute approximate surface area is 118 Å². The smallest absolute Gasteiger partial charge is 0.267 e. The number of pyridine rings is 1. The molecule has 3 rings (SSSR count). The Morgan fingerprint density at radius 1 is 1.15 bits per heavy atom. The van der Waals surface area contributed by atoms with E-state index in [-0.39, 0.29) is 5.69 Å². The van der Waals surface area contributed by atoms with E-state index in [0.717, 1.165) is 10.2 Å². The van der Waals surface area contributed by atoms with E-state index in [9.17, 15) is 4.79 Å². The predicted molar refractivity (Wildman–Crippen MR) is 80.1 cm³/mol. The van der Waals surface area contributed by atoms with E-state index in [0.29, 0.717) is 16.6 Å². The maximum atomic E-state index is 11.1. The van der Waals surface area contributed by atoms with Crippen LogP contribution in [0.25, 0.3) is 10.2 Å². The number of benzene rings is 1. The first-order valence-corrected chi connectivity index (χ1v) is 6.64. The van der Waals surface area contributed by atoms with Gasteiger partial charge in [0.05, 0.1) is 15.9 Å². The number of aromatic nitrogens is 2. The minimum atomic E-state index is -0.600. The molecule has 6 nitrogen and oxygen atoms in total. The fourth-order valence-electron chi connectivity index (χ4n) is 1.73. The van der Waals surface area contributed by atoms with E-state index in [4.69, 9.17) is 11.5 Å². The second-order valence-electron chi connectivity index (χ2n) is 4.11. The van der Waals surface area contributed by atoms with E-state index >= 15 is 0 Å². The Balaban J connectivity index is 1.97. The summed E-state index contributed by atoms with van der Waals surface area (Å²) in [5.41, 5.74) is 12.5. The number of thiazole rings is 1. The lowest BCUT2D eigenvalue weighted by molar-refractivity contribution is 0.0996. The maximum Gasteiger partial charge on any atom is 0.267 e. The van der Waals surface area contributed by atoms with Gasteiger partial charge in [0.2, 0.25) is 0 Å². The first kappa shape index (κ1) is 12.4. The van der Waals surface area contributed by atoms with Crippen molar-refractivity contribution in [1.82, 2.24) is 9.97 Å². The van der Waals surface area contributed by atoms with Crippen LogP contribution in [0.3, 0.4) is 0 Å². The van der Waals surface area contributed by atoms with Crippen LogP contribution >= 0.6 is 11.3 Å². The zero-order chi connectivity index (χ0) is 14.1. The van der Waals surface area contributed by atoms with E-state index < -0.39 is 5.91 Å². The minimum Gasteiger partial charge on any atom is -0.396 e. The van der Waals surface area contributed by atoms with E-state index in [1.165, 1.54) is 17.4 Å². The summed E-state index contributed by atoms with van der Waals surface area (Å²) in [6.07, 6.45) is 0. The molecule has 0 bridgehead atoms. The quantitative estimate of drug-likeness (QED) is 0.683. The summed E-state index contributed by atoms with van der Waals surface area (Å²) in [5.74, 6) is -0.224. The van der Waals surface area contributed by atoms with Crippen LogP contribution in [0.4, 0.5) is 16.6 Å². The van der Waals surface area contributed by atoms with E-state index in [2.05, 4.69) is 15.3 Å². The number of nitrogens with zero attached hydrogens (tertiary/aromatic N) is 2. The highest BCUT2D eigenvalue weighted by Crippen LogP contribution is 2.29. The maximum absolute atomic E-state index is 11.1. The monoisotopic (exact) mass is 285 g/mol. The molecule has 0 atom stereocenters. The van der Waals surface area contributed by atoms with Gasteiger partial charge in [0.25, 0.3) is 5.91 Å². The first-order valence-electron chi connectivity index (χ1n) is 5.82. The molecule has 0 saturated carbocycles. The van der Waals surface area contributed by atoms with Crippen LogP contribution in [0.5, 0.6) is 0 Å². The lowest BCUT2D eigenvalue weighted by Crippen LogP contribution is -2.14. The van der Waals surface area contributed by atoms with Gasteiger partial charge in [-0.05, 0) is 24.3 Å². The molecule has 0 unspecified atom stereocenters. The summed E-state index contributed by atoms with van der Waals surface area (Å²) in [6, 6.07) is 10.9. The molecule has 0 spiro atoms. The number of hydrogen-bond donors (Lipinski definition) is 3. The number of fused-ring (bicyclic) bond motifs is 1. The van der Waals surface area contributed by atoms with Crippen molar-refractivity contribution < 1.29 is 4.79 Å². The van der Waals surface area contributed by atoms with E-state index in [1.807, 2.05) is 24.3 Å². The summed E-state index contributed by atoms with van der Waals surface area (Å²) in [5, 5.41) is 3.68. The summed E-state index contributed by atoms with van der Waals surface area (Å²) in [4.78, 5) is 19.6. The molecule has 3 aromatic rings. The summed E-state index contributed by atoms with van der Waals surface area (Å²) in [6.45, 7) is 0. The third-order valence-electron chi connectivity index (χ3n) is 2.70. The fourth-order valence-corrected chi connectivity index (χ4v) is 2.60. The van der Waals surface area contributed by atoms with Crippen molar-refractivity contribution in [3.8, 4) is 0 Å². The molecule has 1 aromatic carbocycles. The number of carbonyl (C=O) groups excluding carboxylic acids is 1. The normalized spacial score (nSPS) is 10.6. The molecule has 2 heterocycles. The molecule has 0 aliphatic heterocycles. The Hall–Kier alpha value is -2.67. The molecular weight excluding hydrogens is 274 g/mol. The number of amides is 1. The van der Waals surface area contributed by atoms with Crippen molar-refractivity contribution in [2.24, 2.45) is 5.73 Å². The molecule has 100 valence electrons. The number of rotatable bonds is 3. The number of hydrogen-bond acceptors (Lipinski definition) is 6. The molecule has 0 aliphatic carbocycles. The summed E-state index contributed by atoms with van der Waals surface area (Å²) in [7, 11) is 0. The highest BCUT2D eigenvalue weighted by atomic mass is 32.1. The second kappa shape index (κ2) is 4.78. The SMILES string of the molecule is NC(=O)c1ccc(N)c(Nc2nc3ccccc3s2)n1. The van der Waals surface area contributed by atoms with Crippen LogP contribution in [0.2, 0.25) is 0 Å². The third-order valence-corrected chi connectivity index (χ3v) is 3.65. The average molecular weight is 285 g/mol. The van der Waals surface area contributed by atoms with Crippen molar-refractivity contribution in [2.45, 2.75) is 0 Å². The fraction of sp³-hybridized carbons (Fsp3) is 0. The number of anilines is 3. The number of nitrogens with one attached hydrogen (secondary N) is 1. The molecule has 0 aliphatic rings. The number of carbonyl (C=O) groups is 1.